The Morgan fingerprint density at radius 1 is 1.00 bits per heavy atom. The van der Waals surface area contributed by atoms with E-state index in [1.807, 2.05) is 30.3 Å². The van der Waals surface area contributed by atoms with Gasteiger partial charge >= 0.3 is 0 Å². The van der Waals surface area contributed by atoms with Gasteiger partial charge in [-0.25, -0.2) is 13.2 Å². The van der Waals surface area contributed by atoms with E-state index >= 15 is 0 Å². The second-order valence-electron chi connectivity index (χ2n) is 11.2. The number of hydrogen-bond donors (Lipinski definition) is 1. The van der Waals surface area contributed by atoms with Crippen LogP contribution in [0.1, 0.15) is 41.8 Å². The van der Waals surface area contributed by atoms with E-state index in [1.54, 1.807) is 27.6 Å². The summed E-state index contributed by atoms with van der Waals surface area (Å²) in [5.74, 6) is -2.19. The van der Waals surface area contributed by atoms with Crippen LogP contribution < -0.4 is 10.5 Å². The van der Waals surface area contributed by atoms with Crippen molar-refractivity contribution in [3.05, 3.63) is 64.2 Å². The van der Waals surface area contributed by atoms with E-state index in [2.05, 4.69) is 6.26 Å². The Hall–Kier alpha value is -2.44. The molecule has 2 N–H and O–H groups in total. The van der Waals surface area contributed by atoms with Gasteiger partial charge in [0.25, 0.3) is 11.8 Å². The number of thiophene rings is 1. The largest absolute Gasteiger partial charge is 0.494 e. The van der Waals surface area contributed by atoms with Crippen LogP contribution in [0.2, 0.25) is 5.02 Å². The number of rotatable bonds is 10. The fourth-order valence-corrected chi connectivity index (χ4v) is 7.84. The van der Waals surface area contributed by atoms with Crippen molar-refractivity contribution in [3.8, 4) is 27.3 Å². The minimum atomic E-state index is -2.74. The number of carbonyl (C=O) groups excluding carboxylic acids is 2. The molecule has 0 spiro atoms. The Labute approximate surface area is 280 Å². The predicted octanol–water partition coefficient (Wildman–Crippen LogP) is 7.62. The summed E-state index contributed by atoms with van der Waals surface area (Å²) < 4.78 is 47.4. The third-order valence-corrected chi connectivity index (χ3v) is 10.6. The molecule has 5 rings (SSSR count). The van der Waals surface area contributed by atoms with Gasteiger partial charge in [-0.3, -0.25) is 14.5 Å². The molecule has 45 heavy (non-hydrogen) atoms. The number of ether oxygens (including phenoxy) is 1. The van der Waals surface area contributed by atoms with E-state index < -0.39 is 23.2 Å². The molecule has 2 amide bonds. The molecule has 2 aliphatic rings. The minimum absolute atomic E-state index is 0. The summed E-state index contributed by atoms with van der Waals surface area (Å²) in [5.41, 5.74) is 7.02. The first-order chi connectivity index (χ1) is 21.0. The Morgan fingerprint density at radius 3 is 2.27 bits per heavy atom. The van der Waals surface area contributed by atoms with Gasteiger partial charge in [0, 0.05) is 55.0 Å². The van der Waals surface area contributed by atoms with Gasteiger partial charge in [-0.2, -0.15) is 11.8 Å². The smallest absolute Gasteiger partial charge is 0.263 e. The van der Waals surface area contributed by atoms with E-state index in [0.717, 1.165) is 33.9 Å². The Kier molecular flexibility index (Phi) is 11.8. The molecule has 2 aliphatic heterocycles. The van der Waals surface area contributed by atoms with Gasteiger partial charge in [-0.1, -0.05) is 23.7 Å². The molecular formula is C32H36Cl2F3N3O3S2. The van der Waals surface area contributed by atoms with Gasteiger partial charge in [-0.05, 0) is 73.2 Å². The second-order valence-corrected chi connectivity index (χ2v) is 13.7. The van der Waals surface area contributed by atoms with Crippen molar-refractivity contribution in [2.45, 2.75) is 43.6 Å². The molecule has 2 saturated heterocycles. The molecule has 0 saturated carbocycles. The normalized spacial score (nSPS) is 17.8. The van der Waals surface area contributed by atoms with Gasteiger partial charge in [0.2, 0.25) is 5.91 Å². The first kappa shape index (κ1) is 35.4. The quantitative estimate of drug-likeness (QED) is 0.220. The van der Waals surface area contributed by atoms with Crippen molar-refractivity contribution in [1.82, 2.24) is 9.80 Å². The molecule has 0 radical (unpaired) electrons. The lowest BCUT2D eigenvalue weighted by Gasteiger charge is -2.48. The van der Waals surface area contributed by atoms with Gasteiger partial charge in [0.1, 0.15) is 17.1 Å². The number of alkyl halides is 2. The fraction of sp³-hybridized carbons (Fsp3) is 0.438. The van der Waals surface area contributed by atoms with Gasteiger partial charge < -0.3 is 15.4 Å². The number of amides is 2. The molecule has 0 aliphatic carbocycles. The molecular weight excluding hydrogens is 666 g/mol. The molecule has 2 aromatic carbocycles. The number of primary amides is 1. The molecule has 0 unspecified atom stereocenters. The summed E-state index contributed by atoms with van der Waals surface area (Å²) in [5, 5.41) is 0.233. The van der Waals surface area contributed by atoms with E-state index in [1.165, 1.54) is 23.5 Å². The van der Waals surface area contributed by atoms with E-state index in [0.29, 0.717) is 17.0 Å². The molecule has 3 aromatic rings. The average Bonchev–Trinajstić information content (AvgIpc) is 3.44. The number of carbonyl (C=O) groups is 2. The minimum Gasteiger partial charge on any atom is -0.494 e. The number of nitrogens with zero attached hydrogens (tertiary/aromatic N) is 2. The second kappa shape index (κ2) is 15.0. The third kappa shape index (κ3) is 7.93. The van der Waals surface area contributed by atoms with Crippen LogP contribution in [0.15, 0.2) is 48.5 Å². The van der Waals surface area contributed by atoms with Crippen molar-refractivity contribution in [1.29, 1.82) is 0 Å². The number of hydrogen-bond acceptors (Lipinski definition) is 6. The number of piperidine rings is 2. The van der Waals surface area contributed by atoms with E-state index in [4.69, 9.17) is 22.1 Å². The van der Waals surface area contributed by atoms with Crippen LogP contribution in [0.25, 0.3) is 21.6 Å². The number of nitrogens with two attached hydrogens (primary N) is 1. The zero-order valence-corrected chi connectivity index (χ0v) is 28.0. The number of thioether (sulfide) groups is 1. The highest BCUT2D eigenvalue weighted by molar-refractivity contribution is 7.98. The summed E-state index contributed by atoms with van der Waals surface area (Å²) >= 11 is 9.51. The van der Waals surface area contributed by atoms with Gasteiger partial charge in [0.05, 0.1) is 16.5 Å². The lowest BCUT2D eigenvalue weighted by atomic mass is 9.83. The number of halogens is 5. The maximum absolute atomic E-state index is 13.9. The Bertz CT molecular complexity index is 1490. The van der Waals surface area contributed by atoms with Crippen molar-refractivity contribution in [3.63, 3.8) is 0 Å². The highest BCUT2D eigenvalue weighted by Gasteiger charge is 2.49. The van der Waals surface area contributed by atoms with Crippen LogP contribution in [0.4, 0.5) is 13.2 Å². The van der Waals surface area contributed by atoms with Crippen LogP contribution >= 0.6 is 47.1 Å². The lowest BCUT2D eigenvalue weighted by molar-refractivity contribution is -0.140. The number of likely N-dealkylation sites (tertiary alicyclic amines) is 2. The summed E-state index contributed by atoms with van der Waals surface area (Å²) in [6.07, 6.45) is 2.91. The van der Waals surface area contributed by atoms with Crippen molar-refractivity contribution >= 4 is 58.9 Å². The fourth-order valence-electron chi connectivity index (χ4n) is 5.92. The molecule has 6 nitrogen and oxygen atoms in total. The average molecular weight is 703 g/mol. The lowest BCUT2D eigenvalue weighted by Crippen LogP contribution is -2.64. The van der Waals surface area contributed by atoms with Crippen molar-refractivity contribution < 1.29 is 27.5 Å². The monoisotopic (exact) mass is 701 g/mol. The molecule has 1 aromatic heterocycles. The van der Waals surface area contributed by atoms with Crippen LogP contribution in [-0.4, -0.2) is 77.9 Å². The highest BCUT2D eigenvalue weighted by Crippen LogP contribution is 2.44. The van der Waals surface area contributed by atoms with Gasteiger partial charge in [0.15, 0.2) is 0 Å². The van der Waals surface area contributed by atoms with Crippen molar-refractivity contribution in [2.75, 3.05) is 44.8 Å². The standard InChI is InChI=1S/C32H35ClF3N3O3S2.ClH/c1-43-18-2-17-42-23-6-3-21(4-7-23)25-20-27(44-28(25)24-8-5-22(34)19-26(24)33)29(40)38-13-9-31(10-14-38,30(37)41)39-15-11-32(35,36)12-16-39;/h3-8,19-20H,2,9-18H2,1H3,(H2,37,41);1H. The summed E-state index contributed by atoms with van der Waals surface area (Å²) in [4.78, 5) is 31.1. The highest BCUT2D eigenvalue weighted by atomic mass is 35.5. The third-order valence-electron chi connectivity index (χ3n) is 8.48. The van der Waals surface area contributed by atoms with Gasteiger partial charge in [-0.15, -0.1) is 23.7 Å². The van der Waals surface area contributed by atoms with Crippen LogP contribution in [0, 0.1) is 5.82 Å². The van der Waals surface area contributed by atoms with Crippen LogP contribution in [0.5, 0.6) is 5.75 Å². The first-order valence-electron chi connectivity index (χ1n) is 14.6. The topological polar surface area (TPSA) is 75.9 Å². The summed E-state index contributed by atoms with van der Waals surface area (Å²) in [6, 6.07) is 13.6. The Morgan fingerprint density at radius 2 is 1.67 bits per heavy atom. The SMILES string of the molecule is CSCCCOc1ccc(-c2cc(C(=O)N3CCC(C(N)=O)(N4CCC(F)(F)CC4)CC3)sc2-c2ccc(F)cc2Cl)cc1.Cl. The molecule has 2 fully saturated rings. The zero-order chi connectivity index (χ0) is 31.5. The molecule has 244 valence electrons. The maximum Gasteiger partial charge on any atom is 0.263 e. The Balaban J connectivity index is 0.00000461. The van der Waals surface area contributed by atoms with E-state index in [9.17, 15) is 22.8 Å². The molecule has 3 heterocycles. The summed E-state index contributed by atoms with van der Waals surface area (Å²) in [7, 11) is 0. The number of benzene rings is 2. The molecule has 0 atom stereocenters. The zero-order valence-electron chi connectivity index (χ0n) is 24.8. The predicted molar refractivity (Wildman–Crippen MR) is 179 cm³/mol. The van der Waals surface area contributed by atoms with E-state index in [-0.39, 0.29) is 75.2 Å². The van der Waals surface area contributed by atoms with Crippen LogP contribution in [0.3, 0.4) is 0 Å². The van der Waals surface area contributed by atoms with Crippen LogP contribution in [-0.2, 0) is 4.79 Å². The van der Waals surface area contributed by atoms with Crippen molar-refractivity contribution in [2.24, 2.45) is 5.73 Å². The molecule has 0 bridgehead atoms. The summed E-state index contributed by atoms with van der Waals surface area (Å²) in [6.45, 7) is 1.31. The first-order valence-corrected chi connectivity index (χ1v) is 17.2. The maximum atomic E-state index is 13.9. The molecule has 13 heteroatoms.